The number of rotatable bonds is 9. The molecular formula is C29H37NO3. The van der Waals surface area contributed by atoms with E-state index >= 15 is 0 Å². The van der Waals surface area contributed by atoms with Crippen molar-refractivity contribution in [2.45, 2.75) is 66.3 Å². The third-order valence-corrected chi connectivity index (χ3v) is 6.03. The molecule has 0 bridgehead atoms. The summed E-state index contributed by atoms with van der Waals surface area (Å²) in [5.41, 5.74) is 5.86. The van der Waals surface area contributed by atoms with Crippen LogP contribution in [0.25, 0.3) is 0 Å². The van der Waals surface area contributed by atoms with Crippen molar-refractivity contribution in [1.29, 1.82) is 0 Å². The Morgan fingerprint density at radius 1 is 1.12 bits per heavy atom. The number of aliphatic carboxylic acids is 1. The van der Waals surface area contributed by atoms with Crippen LogP contribution >= 0.6 is 0 Å². The van der Waals surface area contributed by atoms with Crippen LogP contribution in [-0.4, -0.2) is 23.0 Å². The van der Waals surface area contributed by atoms with E-state index in [1.165, 1.54) is 36.5 Å². The first-order valence-electron chi connectivity index (χ1n) is 11.6. The summed E-state index contributed by atoms with van der Waals surface area (Å²) in [7, 11) is 0. The molecule has 0 aliphatic heterocycles. The van der Waals surface area contributed by atoms with Gasteiger partial charge in [0.05, 0.1) is 0 Å². The number of hydrogen-bond acceptors (Lipinski definition) is 2. The average molecular weight is 448 g/mol. The van der Waals surface area contributed by atoms with Crippen LogP contribution in [-0.2, 0) is 16.0 Å². The Hall–Kier alpha value is -3.14. The Morgan fingerprint density at radius 2 is 1.82 bits per heavy atom. The molecule has 1 atom stereocenters. The van der Waals surface area contributed by atoms with Crippen molar-refractivity contribution in [2.75, 3.05) is 0 Å². The van der Waals surface area contributed by atoms with Gasteiger partial charge in [0.2, 0.25) is 5.91 Å². The number of carboxylic acid groups (broad SMARTS) is 1. The van der Waals surface area contributed by atoms with Crippen LogP contribution < -0.4 is 5.32 Å². The fourth-order valence-corrected chi connectivity index (χ4v) is 4.15. The fraction of sp³-hybridized carbons (Fsp3) is 0.379. The predicted molar refractivity (Wildman–Crippen MR) is 136 cm³/mol. The normalized spacial score (nSPS) is 18.1. The van der Waals surface area contributed by atoms with E-state index in [4.69, 9.17) is 0 Å². The minimum absolute atomic E-state index is 0.218. The van der Waals surface area contributed by atoms with E-state index in [2.05, 4.69) is 45.2 Å². The standard InChI is InChI=1S/C29H37NO3/c1-21(16-17-25-23(3)13-10-18-29(25,4)5)11-9-12-22(2)19-27(31)30-26(28(32)33)20-24-14-7-6-8-15-24/h6-9,11-12,14-17,19,26H,10,13,18,20H2,1-5H3,(H,30,31)(H,32,33)/b12-9+,17-16+,21-11+,22-19+/t26-/m0/s1. The van der Waals surface area contributed by atoms with Gasteiger partial charge in [0.15, 0.2) is 0 Å². The maximum Gasteiger partial charge on any atom is 0.326 e. The minimum Gasteiger partial charge on any atom is -0.480 e. The van der Waals surface area contributed by atoms with Crippen LogP contribution in [0.3, 0.4) is 0 Å². The van der Waals surface area contributed by atoms with Crippen LogP contribution in [0.4, 0.5) is 0 Å². The largest absolute Gasteiger partial charge is 0.480 e. The zero-order valence-corrected chi connectivity index (χ0v) is 20.5. The molecule has 2 rings (SSSR count). The van der Waals surface area contributed by atoms with Gasteiger partial charge in [0.1, 0.15) is 6.04 Å². The van der Waals surface area contributed by atoms with Crippen molar-refractivity contribution in [2.24, 2.45) is 5.41 Å². The molecule has 0 aromatic heterocycles. The summed E-state index contributed by atoms with van der Waals surface area (Å²) in [6.07, 6.45) is 15.5. The summed E-state index contributed by atoms with van der Waals surface area (Å²) in [4.78, 5) is 23.8. The number of amides is 1. The Kier molecular flexibility index (Phi) is 9.65. The molecule has 4 nitrogen and oxygen atoms in total. The second-order valence-electron chi connectivity index (χ2n) is 9.51. The Balaban J connectivity index is 1.96. The molecule has 0 radical (unpaired) electrons. The molecule has 1 aromatic carbocycles. The minimum atomic E-state index is -1.05. The average Bonchev–Trinajstić information content (AvgIpc) is 2.73. The molecule has 1 aromatic rings. The zero-order chi connectivity index (χ0) is 24.4. The van der Waals surface area contributed by atoms with Gasteiger partial charge in [-0.15, -0.1) is 0 Å². The van der Waals surface area contributed by atoms with Crippen molar-refractivity contribution in [3.8, 4) is 0 Å². The van der Waals surface area contributed by atoms with E-state index in [0.717, 1.165) is 16.7 Å². The quantitative estimate of drug-likeness (QED) is 0.343. The van der Waals surface area contributed by atoms with Crippen LogP contribution in [0.15, 0.2) is 89.1 Å². The summed E-state index contributed by atoms with van der Waals surface area (Å²) < 4.78 is 0. The van der Waals surface area contributed by atoms with Gasteiger partial charge >= 0.3 is 5.97 Å². The molecule has 0 heterocycles. The van der Waals surface area contributed by atoms with Crippen molar-refractivity contribution >= 4 is 11.9 Å². The van der Waals surface area contributed by atoms with Gasteiger partial charge in [-0.25, -0.2) is 4.79 Å². The highest BCUT2D eigenvalue weighted by Gasteiger charge is 2.26. The third kappa shape index (κ3) is 8.72. The van der Waals surface area contributed by atoms with Crippen LogP contribution in [0.1, 0.15) is 59.4 Å². The Labute approximate surface area is 198 Å². The summed E-state index contributed by atoms with van der Waals surface area (Å²) in [5, 5.41) is 12.0. The molecule has 1 amide bonds. The van der Waals surface area contributed by atoms with Gasteiger partial charge in [0.25, 0.3) is 0 Å². The SMILES string of the molecule is CC1=C(/C=C/C(C)=C/C=C/C(C)=C/C(=O)N[C@@H](Cc2ccccc2)C(=O)O)C(C)(C)CCC1. The van der Waals surface area contributed by atoms with Gasteiger partial charge in [-0.3, -0.25) is 4.79 Å². The van der Waals surface area contributed by atoms with E-state index in [0.29, 0.717) is 0 Å². The zero-order valence-electron chi connectivity index (χ0n) is 20.5. The summed E-state index contributed by atoms with van der Waals surface area (Å²) in [6, 6.07) is 8.30. The molecule has 0 saturated heterocycles. The molecule has 0 saturated carbocycles. The van der Waals surface area contributed by atoms with Crippen molar-refractivity contribution in [3.05, 3.63) is 94.6 Å². The smallest absolute Gasteiger partial charge is 0.326 e. The maximum atomic E-state index is 12.3. The topological polar surface area (TPSA) is 66.4 Å². The molecular weight excluding hydrogens is 410 g/mol. The number of carbonyl (C=O) groups excluding carboxylic acids is 1. The Morgan fingerprint density at radius 3 is 2.45 bits per heavy atom. The highest BCUT2D eigenvalue weighted by atomic mass is 16.4. The van der Waals surface area contributed by atoms with E-state index in [-0.39, 0.29) is 11.8 Å². The highest BCUT2D eigenvalue weighted by molar-refractivity contribution is 5.92. The van der Waals surface area contributed by atoms with Crippen molar-refractivity contribution in [3.63, 3.8) is 0 Å². The van der Waals surface area contributed by atoms with E-state index in [1.54, 1.807) is 0 Å². The lowest BCUT2D eigenvalue weighted by molar-refractivity contribution is -0.141. The number of hydrogen-bond donors (Lipinski definition) is 2. The molecule has 0 spiro atoms. The second-order valence-corrected chi connectivity index (χ2v) is 9.51. The molecule has 0 unspecified atom stereocenters. The lowest BCUT2D eigenvalue weighted by Crippen LogP contribution is -2.41. The van der Waals surface area contributed by atoms with Crippen molar-refractivity contribution in [1.82, 2.24) is 5.32 Å². The monoisotopic (exact) mass is 447 g/mol. The lowest BCUT2D eigenvalue weighted by Gasteiger charge is -2.32. The first-order chi connectivity index (χ1) is 15.6. The van der Waals surface area contributed by atoms with E-state index in [9.17, 15) is 14.7 Å². The van der Waals surface area contributed by atoms with Gasteiger partial charge in [-0.2, -0.15) is 0 Å². The first-order valence-corrected chi connectivity index (χ1v) is 11.6. The number of allylic oxidation sites excluding steroid dienone is 9. The van der Waals surface area contributed by atoms with E-state index < -0.39 is 17.9 Å². The molecule has 33 heavy (non-hydrogen) atoms. The number of carbonyl (C=O) groups is 2. The summed E-state index contributed by atoms with van der Waals surface area (Å²) >= 11 is 0. The predicted octanol–water partition coefficient (Wildman–Crippen LogP) is 6.33. The molecule has 0 fully saturated rings. The highest BCUT2D eigenvalue weighted by Crippen LogP contribution is 2.40. The van der Waals surface area contributed by atoms with Crippen LogP contribution in [0.2, 0.25) is 0 Å². The van der Waals surface area contributed by atoms with Gasteiger partial charge in [0, 0.05) is 12.5 Å². The number of benzene rings is 1. The molecule has 2 N–H and O–H groups in total. The van der Waals surface area contributed by atoms with E-state index in [1.807, 2.05) is 55.5 Å². The van der Waals surface area contributed by atoms with Gasteiger partial charge < -0.3 is 10.4 Å². The molecule has 4 heteroatoms. The number of carboxylic acids is 1. The molecule has 1 aliphatic rings. The summed E-state index contributed by atoms with van der Waals surface area (Å²) in [5.74, 6) is -1.46. The lowest BCUT2D eigenvalue weighted by atomic mass is 9.72. The Bertz CT molecular complexity index is 991. The van der Waals surface area contributed by atoms with Crippen LogP contribution in [0.5, 0.6) is 0 Å². The maximum absolute atomic E-state index is 12.3. The molecule has 176 valence electrons. The fourth-order valence-electron chi connectivity index (χ4n) is 4.15. The first kappa shape index (κ1) is 26.1. The van der Waals surface area contributed by atoms with Gasteiger partial charge in [-0.05, 0) is 62.2 Å². The second kappa shape index (κ2) is 12.2. The van der Waals surface area contributed by atoms with Crippen LogP contribution in [0, 0.1) is 5.41 Å². The van der Waals surface area contributed by atoms with Gasteiger partial charge in [-0.1, -0.05) is 85.7 Å². The third-order valence-electron chi connectivity index (χ3n) is 6.03. The number of nitrogens with one attached hydrogen (secondary N) is 1. The summed E-state index contributed by atoms with van der Waals surface area (Å²) in [6.45, 7) is 10.7. The molecule has 1 aliphatic carbocycles. The van der Waals surface area contributed by atoms with Crippen molar-refractivity contribution < 1.29 is 14.7 Å².